The van der Waals surface area contributed by atoms with E-state index >= 15 is 0 Å². The monoisotopic (exact) mass is 864 g/mol. The fourth-order valence-electron chi connectivity index (χ4n) is 5.29. The van der Waals surface area contributed by atoms with E-state index in [0.29, 0.717) is 44.3 Å². The van der Waals surface area contributed by atoms with Gasteiger partial charge in [0, 0.05) is 5.56 Å². The van der Waals surface area contributed by atoms with E-state index in [1.165, 1.54) is 11.3 Å². The second-order valence-corrected chi connectivity index (χ2v) is 14.1. The lowest BCUT2D eigenvalue weighted by molar-refractivity contribution is -0.139. The van der Waals surface area contributed by atoms with Crippen LogP contribution in [0.3, 0.4) is 0 Å². The smallest absolute Gasteiger partial charge is 0.338 e. The number of hydrogen-bond donors (Lipinski definition) is 0. The Labute approximate surface area is 296 Å². The number of nitrogens with zero attached hydrogens (tertiary/aromatic N) is 2. The number of carbonyl (C=O) groups is 1. The molecule has 46 heavy (non-hydrogen) atoms. The van der Waals surface area contributed by atoms with Crippen molar-refractivity contribution >= 4 is 68.6 Å². The largest absolute Gasteiger partial charge is 0.491 e. The predicted molar refractivity (Wildman–Crippen MR) is 191 cm³/mol. The van der Waals surface area contributed by atoms with Crippen LogP contribution in [0.25, 0.3) is 6.08 Å². The number of benzene rings is 3. The summed E-state index contributed by atoms with van der Waals surface area (Å²) >= 11 is 5.78. The Morgan fingerprint density at radius 1 is 1.11 bits per heavy atom. The molecule has 0 N–H and O–H groups in total. The molecule has 1 aromatic heterocycles. The highest BCUT2D eigenvalue weighted by Crippen LogP contribution is 2.37. The molecule has 0 aliphatic carbocycles. The summed E-state index contributed by atoms with van der Waals surface area (Å²) in [4.78, 5) is 32.7. The van der Waals surface area contributed by atoms with E-state index in [2.05, 4.69) is 45.2 Å². The SMILES string of the molecule is CCOC(=O)C1=C(C)N=c2s/c(=C/c3cc(I)c(OCc4ccc5c(c4)OCO5)c(I)c3)c(=O)n2[C@H]1c1ccccc1OC(C)C. The lowest BCUT2D eigenvalue weighted by atomic mass is 9.95. The van der Waals surface area contributed by atoms with E-state index < -0.39 is 12.0 Å². The highest BCUT2D eigenvalue weighted by Gasteiger charge is 2.35. The molecule has 0 saturated carbocycles. The Hall–Kier alpha value is -3.37. The minimum atomic E-state index is -0.764. The molecule has 0 amide bonds. The molecule has 0 unspecified atom stereocenters. The van der Waals surface area contributed by atoms with Crippen molar-refractivity contribution < 1.29 is 28.5 Å². The molecule has 0 bridgehead atoms. The highest BCUT2D eigenvalue weighted by molar-refractivity contribution is 14.1. The van der Waals surface area contributed by atoms with Crippen LogP contribution in [0.15, 0.2) is 75.7 Å². The zero-order valence-corrected chi connectivity index (χ0v) is 30.6. The fraction of sp³-hybridized carbons (Fsp3) is 0.265. The summed E-state index contributed by atoms with van der Waals surface area (Å²) in [7, 11) is 0. The number of hydrogen-bond acceptors (Lipinski definition) is 9. The van der Waals surface area contributed by atoms with Gasteiger partial charge in [-0.05, 0) is 120 Å². The molecule has 3 aromatic carbocycles. The number of fused-ring (bicyclic) bond motifs is 2. The number of ether oxygens (including phenoxy) is 5. The third kappa shape index (κ3) is 6.56. The standard InChI is InChI=1S/C34H30I2N2O7S/c1-5-41-33(40)29-19(4)37-34-38(30(29)22-8-6-7-9-25(22)45-18(2)3)32(39)28(46-34)15-21-12-23(35)31(24(36)13-21)42-16-20-10-11-26-27(14-20)44-17-43-26/h6-15,18,30H,5,16-17H2,1-4H3/b28-15+/t30-/m0/s1. The van der Waals surface area contributed by atoms with E-state index in [1.54, 1.807) is 18.4 Å². The van der Waals surface area contributed by atoms with E-state index in [0.717, 1.165) is 29.8 Å². The normalized spacial score (nSPS) is 15.5. The first-order valence-corrected chi connectivity index (χ1v) is 17.6. The van der Waals surface area contributed by atoms with Gasteiger partial charge in [-0.15, -0.1) is 0 Å². The van der Waals surface area contributed by atoms with Crippen LogP contribution < -0.4 is 33.8 Å². The first kappa shape index (κ1) is 32.6. The Bertz CT molecular complexity index is 2030. The number of esters is 1. The molecule has 2 aliphatic rings. The molecule has 0 saturated heterocycles. The molecule has 238 valence electrons. The molecule has 6 rings (SSSR count). The Morgan fingerprint density at radius 3 is 2.59 bits per heavy atom. The van der Waals surface area contributed by atoms with Gasteiger partial charge in [0.05, 0.1) is 35.7 Å². The maximum Gasteiger partial charge on any atom is 0.338 e. The minimum Gasteiger partial charge on any atom is -0.491 e. The zero-order valence-electron chi connectivity index (χ0n) is 25.5. The second kappa shape index (κ2) is 13.8. The van der Waals surface area contributed by atoms with Gasteiger partial charge in [0.1, 0.15) is 24.1 Å². The minimum absolute atomic E-state index is 0.109. The summed E-state index contributed by atoms with van der Waals surface area (Å²) in [5, 5.41) is 0. The fourth-order valence-corrected chi connectivity index (χ4v) is 8.47. The molecule has 0 spiro atoms. The number of allylic oxidation sites excluding steroid dienone is 1. The topological polar surface area (TPSA) is 97.6 Å². The van der Waals surface area contributed by atoms with Gasteiger partial charge >= 0.3 is 5.97 Å². The first-order chi connectivity index (χ1) is 22.1. The maximum absolute atomic E-state index is 14.2. The molecule has 0 fully saturated rings. The van der Waals surface area contributed by atoms with Gasteiger partial charge in [0.15, 0.2) is 16.3 Å². The molecule has 12 heteroatoms. The summed E-state index contributed by atoms with van der Waals surface area (Å²) < 4.78 is 32.6. The van der Waals surface area contributed by atoms with Crippen LogP contribution in [0.4, 0.5) is 0 Å². The molecular formula is C34H30I2N2O7S. The molecular weight excluding hydrogens is 834 g/mol. The van der Waals surface area contributed by atoms with Gasteiger partial charge in [0.2, 0.25) is 6.79 Å². The van der Waals surface area contributed by atoms with Gasteiger partial charge in [-0.3, -0.25) is 9.36 Å². The molecule has 4 aromatic rings. The second-order valence-electron chi connectivity index (χ2n) is 10.8. The number of halogens is 2. The summed E-state index contributed by atoms with van der Waals surface area (Å²) in [6.45, 7) is 8.19. The quantitative estimate of drug-likeness (QED) is 0.148. The van der Waals surface area contributed by atoms with Crippen molar-refractivity contribution in [2.75, 3.05) is 13.4 Å². The lowest BCUT2D eigenvalue weighted by Crippen LogP contribution is -2.40. The van der Waals surface area contributed by atoms with E-state index in [1.807, 2.05) is 74.5 Å². The van der Waals surface area contributed by atoms with Crippen molar-refractivity contribution in [1.82, 2.24) is 4.57 Å². The van der Waals surface area contributed by atoms with Crippen molar-refractivity contribution in [1.29, 1.82) is 0 Å². The number of rotatable bonds is 9. The van der Waals surface area contributed by atoms with Crippen LogP contribution in [0.1, 0.15) is 50.4 Å². The lowest BCUT2D eigenvalue weighted by Gasteiger charge is -2.26. The van der Waals surface area contributed by atoms with Crippen molar-refractivity contribution in [3.8, 4) is 23.0 Å². The highest BCUT2D eigenvalue weighted by atomic mass is 127. The summed E-state index contributed by atoms with van der Waals surface area (Å²) in [5.41, 5.74) is 3.06. The van der Waals surface area contributed by atoms with Crippen LogP contribution >= 0.6 is 56.5 Å². The van der Waals surface area contributed by atoms with E-state index in [4.69, 9.17) is 28.7 Å². The molecule has 1 atom stereocenters. The van der Waals surface area contributed by atoms with Gasteiger partial charge in [-0.1, -0.05) is 35.6 Å². The van der Waals surface area contributed by atoms with Gasteiger partial charge in [-0.2, -0.15) is 0 Å². The molecule has 9 nitrogen and oxygen atoms in total. The van der Waals surface area contributed by atoms with Crippen molar-refractivity contribution in [2.24, 2.45) is 4.99 Å². The van der Waals surface area contributed by atoms with Crippen molar-refractivity contribution in [3.63, 3.8) is 0 Å². The average Bonchev–Trinajstić information content (AvgIpc) is 3.59. The summed E-state index contributed by atoms with van der Waals surface area (Å²) in [5.74, 6) is 2.28. The summed E-state index contributed by atoms with van der Waals surface area (Å²) in [6, 6.07) is 16.4. The van der Waals surface area contributed by atoms with E-state index in [-0.39, 0.29) is 25.1 Å². The van der Waals surface area contributed by atoms with Gasteiger partial charge in [0.25, 0.3) is 5.56 Å². The average molecular weight is 864 g/mol. The van der Waals surface area contributed by atoms with Crippen LogP contribution in [-0.2, 0) is 16.1 Å². The van der Waals surface area contributed by atoms with Gasteiger partial charge < -0.3 is 23.7 Å². The Morgan fingerprint density at radius 2 is 1.85 bits per heavy atom. The number of aromatic nitrogens is 1. The van der Waals surface area contributed by atoms with Crippen LogP contribution in [0.5, 0.6) is 23.0 Å². The van der Waals surface area contributed by atoms with Crippen LogP contribution in [0.2, 0.25) is 0 Å². The van der Waals surface area contributed by atoms with Crippen LogP contribution in [-0.4, -0.2) is 30.0 Å². The van der Waals surface area contributed by atoms with Gasteiger partial charge in [-0.25, -0.2) is 9.79 Å². The third-order valence-electron chi connectivity index (χ3n) is 7.23. The maximum atomic E-state index is 14.2. The molecule has 0 radical (unpaired) electrons. The van der Waals surface area contributed by atoms with E-state index in [9.17, 15) is 9.59 Å². The first-order valence-electron chi connectivity index (χ1n) is 14.6. The summed E-state index contributed by atoms with van der Waals surface area (Å²) in [6.07, 6.45) is 1.74. The van der Waals surface area contributed by atoms with Crippen molar-refractivity contribution in [3.05, 3.63) is 109 Å². The number of para-hydroxylation sites is 1. The molecule has 3 heterocycles. The number of thiazole rings is 1. The predicted octanol–water partition coefficient (Wildman–Crippen LogP) is 6.10. The Balaban J connectivity index is 1.38. The number of carbonyl (C=O) groups excluding carboxylic acids is 1. The third-order valence-corrected chi connectivity index (χ3v) is 9.82. The molecule has 2 aliphatic heterocycles. The van der Waals surface area contributed by atoms with Crippen molar-refractivity contribution in [2.45, 2.75) is 46.4 Å². The van der Waals surface area contributed by atoms with Crippen LogP contribution in [0, 0.1) is 7.14 Å². The zero-order chi connectivity index (χ0) is 32.5. The Kier molecular flexibility index (Phi) is 9.75.